The van der Waals surface area contributed by atoms with Gasteiger partial charge in [-0.2, -0.15) is 13.2 Å². The smallest absolute Gasteiger partial charge is 0.433 e. The van der Waals surface area contributed by atoms with Crippen LogP contribution in [0.15, 0.2) is 12.3 Å². The van der Waals surface area contributed by atoms with Gasteiger partial charge in [0.2, 0.25) is 0 Å². The Balaban J connectivity index is 2.79. The van der Waals surface area contributed by atoms with Crippen LogP contribution in [0.3, 0.4) is 0 Å². The van der Waals surface area contributed by atoms with Crippen molar-refractivity contribution in [2.75, 3.05) is 24.2 Å². The van der Waals surface area contributed by atoms with Crippen molar-refractivity contribution in [2.24, 2.45) is 0 Å². The lowest BCUT2D eigenvalue weighted by Gasteiger charge is -2.11. The molecule has 8 heteroatoms. The minimum Gasteiger partial charge on any atom is -0.465 e. The molecule has 0 atom stereocenters. The molecule has 0 saturated heterocycles. The number of nitrogens with two attached hydrogens (primary N) is 1. The van der Waals surface area contributed by atoms with Gasteiger partial charge in [0.25, 0.3) is 0 Å². The normalized spacial score (nSPS) is 11.1. The van der Waals surface area contributed by atoms with E-state index in [1.807, 2.05) is 0 Å². The number of rotatable bonds is 4. The molecule has 1 aromatic rings. The lowest BCUT2D eigenvalue weighted by atomic mass is 10.2. The second kappa shape index (κ2) is 5.56. The summed E-state index contributed by atoms with van der Waals surface area (Å²) in [5.74, 6) is -0.581. The maximum Gasteiger partial charge on any atom is 0.433 e. The van der Waals surface area contributed by atoms with Crippen molar-refractivity contribution in [1.29, 1.82) is 0 Å². The first-order chi connectivity index (χ1) is 8.34. The third-order valence-corrected chi connectivity index (χ3v) is 1.95. The number of esters is 1. The molecule has 0 radical (unpaired) electrons. The predicted molar refractivity (Wildman–Crippen MR) is 58.8 cm³/mol. The summed E-state index contributed by atoms with van der Waals surface area (Å²) in [6.07, 6.45) is -3.68. The number of pyridine rings is 1. The fourth-order valence-corrected chi connectivity index (χ4v) is 1.15. The van der Waals surface area contributed by atoms with Crippen LogP contribution in [0.5, 0.6) is 0 Å². The van der Waals surface area contributed by atoms with E-state index >= 15 is 0 Å². The number of hydrogen-bond acceptors (Lipinski definition) is 5. The number of carbonyl (C=O) groups excluding carboxylic acids is 1. The first-order valence-electron chi connectivity index (χ1n) is 5.06. The largest absolute Gasteiger partial charge is 0.465 e. The Morgan fingerprint density at radius 1 is 1.56 bits per heavy atom. The predicted octanol–water partition coefficient (Wildman–Crippen LogP) is 1.66. The molecule has 0 aliphatic carbocycles. The molecule has 0 aliphatic heterocycles. The van der Waals surface area contributed by atoms with Crippen molar-refractivity contribution in [3.05, 3.63) is 18.0 Å². The van der Waals surface area contributed by atoms with Gasteiger partial charge in [-0.25, -0.2) is 4.98 Å². The van der Waals surface area contributed by atoms with Crippen LogP contribution in [0.1, 0.15) is 12.6 Å². The van der Waals surface area contributed by atoms with Crippen LogP contribution in [0, 0.1) is 0 Å². The summed E-state index contributed by atoms with van der Waals surface area (Å²) in [7, 11) is 0. The summed E-state index contributed by atoms with van der Waals surface area (Å²) >= 11 is 0. The second-order valence-corrected chi connectivity index (χ2v) is 3.31. The van der Waals surface area contributed by atoms with Crippen LogP contribution in [0.4, 0.5) is 24.5 Å². The summed E-state index contributed by atoms with van der Waals surface area (Å²) in [6, 6.07) is 0.745. The lowest BCUT2D eigenvalue weighted by Crippen LogP contribution is -2.18. The molecule has 18 heavy (non-hydrogen) atoms. The quantitative estimate of drug-likeness (QED) is 0.808. The van der Waals surface area contributed by atoms with E-state index in [4.69, 9.17) is 5.73 Å². The SMILES string of the molecule is CCOC(=O)CNc1cc(C(F)(F)F)ncc1N. The highest BCUT2D eigenvalue weighted by atomic mass is 19.4. The molecule has 0 saturated carbocycles. The highest BCUT2D eigenvalue weighted by Gasteiger charge is 2.32. The fourth-order valence-electron chi connectivity index (χ4n) is 1.15. The molecular formula is C10H12F3N3O2. The van der Waals surface area contributed by atoms with E-state index in [0.717, 1.165) is 12.3 Å². The minimum absolute atomic E-state index is 0.00891. The summed E-state index contributed by atoms with van der Waals surface area (Å²) in [5.41, 5.74) is 4.38. The number of aromatic nitrogens is 1. The molecule has 0 aromatic carbocycles. The van der Waals surface area contributed by atoms with Gasteiger partial charge < -0.3 is 15.8 Å². The van der Waals surface area contributed by atoms with Crippen LogP contribution in [-0.4, -0.2) is 24.1 Å². The zero-order valence-electron chi connectivity index (χ0n) is 9.54. The fraction of sp³-hybridized carbons (Fsp3) is 0.400. The molecule has 3 N–H and O–H groups in total. The van der Waals surface area contributed by atoms with Gasteiger partial charge in [0.15, 0.2) is 0 Å². The Bertz CT molecular complexity index is 435. The van der Waals surface area contributed by atoms with E-state index in [-0.39, 0.29) is 24.5 Å². The Morgan fingerprint density at radius 2 is 2.22 bits per heavy atom. The van der Waals surface area contributed by atoms with Crippen LogP contribution in [0.2, 0.25) is 0 Å². The summed E-state index contributed by atoms with van der Waals surface area (Å²) < 4.78 is 41.8. The van der Waals surface area contributed by atoms with E-state index in [9.17, 15) is 18.0 Å². The molecule has 0 bridgehead atoms. The minimum atomic E-state index is -4.56. The lowest BCUT2D eigenvalue weighted by molar-refractivity contribution is -0.141. The van der Waals surface area contributed by atoms with E-state index < -0.39 is 17.8 Å². The highest BCUT2D eigenvalue weighted by molar-refractivity contribution is 5.77. The van der Waals surface area contributed by atoms with Gasteiger partial charge in [-0.3, -0.25) is 4.79 Å². The van der Waals surface area contributed by atoms with Crippen LogP contribution < -0.4 is 11.1 Å². The highest BCUT2D eigenvalue weighted by Crippen LogP contribution is 2.30. The molecule has 1 heterocycles. The number of nitrogen functional groups attached to an aromatic ring is 1. The third kappa shape index (κ3) is 3.79. The van der Waals surface area contributed by atoms with E-state index in [1.165, 1.54) is 0 Å². The van der Waals surface area contributed by atoms with Crippen molar-refractivity contribution in [2.45, 2.75) is 13.1 Å². The molecule has 0 fully saturated rings. The number of hydrogen-bond donors (Lipinski definition) is 2. The molecule has 0 amide bonds. The number of ether oxygens (including phenoxy) is 1. The van der Waals surface area contributed by atoms with Crippen molar-refractivity contribution >= 4 is 17.3 Å². The van der Waals surface area contributed by atoms with Gasteiger partial charge in [0.1, 0.15) is 12.2 Å². The number of alkyl halides is 3. The maximum absolute atomic E-state index is 12.4. The molecule has 1 aromatic heterocycles. The van der Waals surface area contributed by atoms with Crippen molar-refractivity contribution < 1.29 is 22.7 Å². The number of nitrogens with zero attached hydrogens (tertiary/aromatic N) is 1. The molecule has 5 nitrogen and oxygen atoms in total. The maximum atomic E-state index is 12.4. The van der Waals surface area contributed by atoms with Crippen molar-refractivity contribution in [3.63, 3.8) is 0 Å². The van der Waals surface area contributed by atoms with E-state index in [2.05, 4.69) is 15.0 Å². The topological polar surface area (TPSA) is 77.2 Å². The molecule has 0 aliphatic rings. The zero-order chi connectivity index (χ0) is 13.8. The standard InChI is InChI=1S/C10H12F3N3O2/c1-2-18-9(17)5-15-7-3-8(10(11,12)13)16-4-6(7)14/h3-4H,2,5,14H2,1H3,(H,15,16). The van der Waals surface area contributed by atoms with Gasteiger partial charge in [-0.1, -0.05) is 0 Å². The van der Waals surface area contributed by atoms with Gasteiger partial charge in [-0.15, -0.1) is 0 Å². The monoisotopic (exact) mass is 263 g/mol. The molecule has 100 valence electrons. The molecule has 0 spiro atoms. The van der Waals surface area contributed by atoms with Crippen LogP contribution in [-0.2, 0) is 15.7 Å². The summed E-state index contributed by atoms with van der Waals surface area (Å²) in [5, 5.41) is 2.47. The van der Waals surface area contributed by atoms with E-state index in [0.29, 0.717) is 0 Å². The number of nitrogens with one attached hydrogen (secondary N) is 1. The Kier molecular flexibility index (Phi) is 4.35. The number of carbonyl (C=O) groups is 1. The Morgan fingerprint density at radius 3 is 2.78 bits per heavy atom. The van der Waals surface area contributed by atoms with Gasteiger partial charge in [0.05, 0.1) is 24.2 Å². The number of anilines is 2. The molecule has 1 rings (SSSR count). The van der Waals surface area contributed by atoms with Gasteiger partial charge in [0, 0.05) is 0 Å². The second-order valence-electron chi connectivity index (χ2n) is 3.31. The van der Waals surface area contributed by atoms with Gasteiger partial charge in [-0.05, 0) is 13.0 Å². The summed E-state index contributed by atoms with van der Waals surface area (Å²) in [4.78, 5) is 14.2. The first-order valence-corrected chi connectivity index (χ1v) is 5.06. The van der Waals surface area contributed by atoms with Crippen molar-refractivity contribution in [3.8, 4) is 0 Å². The van der Waals surface area contributed by atoms with Crippen LogP contribution >= 0.6 is 0 Å². The average Bonchev–Trinajstić information content (AvgIpc) is 2.26. The Hall–Kier alpha value is -1.99. The van der Waals surface area contributed by atoms with Gasteiger partial charge >= 0.3 is 12.1 Å². The Labute approximate surface area is 101 Å². The van der Waals surface area contributed by atoms with Crippen LogP contribution in [0.25, 0.3) is 0 Å². The molecule has 0 unspecified atom stereocenters. The van der Waals surface area contributed by atoms with Crippen molar-refractivity contribution in [1.82, 2.24) is 4.98 Å². The molecular weight excluding hydrogens is 251 g/mol. The first kappa shape index (κ1) is 14.1. The summed E-state index contributed by atoms with van der Waals surface area (Å²) in [6.45, 7) is 1.56. The van der Waals surface area contributed by atoms with E-state index in [1.54, 1.807) is 6.92 Å². The zero-order valence-corrected chi connectivity index (χ0v) is 9.54. The third-order valence-electron chi connectivity index (χ3n) is 1.95. The average molecular weight is 263 g/mol. The number of halogens is 3.